The number of nitrogens with zero attached hydrogens (tertiary/aromatic N) is 1. The van der Waals surface area contributed by atoms with Crippen LogP contribution in [0.2, 0.25) is 0 Å². The van der Waals surface area contributed by atoms with Gasteiger partial charge in [0.25, 0.3) is 10.0 Å². The zero-order chi connectivity index (χ0) is 24.7. The van der Waals surface area contributed by atoms with E-state index in [9.17, 15) is 13.2 Å². The van der Waals surface area contributed by atoms with Crippen molar-refractivity contribution in [1.82, 2.24) is 5.32 Å². The summed E-state index contributed by atoms with van der Waals surface area (Å²) in [4.78, 5) is 12.8. The Kier molecular flexibility index (Phi) is 8.57. The average molecular weight is 547 g/mol. The fourth-order valence-corrected chi connectivity index (χ4v) is 5.43. The first-order valence-electron chi connectivity index (χ1n) is 10.6. The molecule has 0 heterocycles. The van der Waals surface area contributed by atoms with Gasteiger partial charge in [-0.2, -0.15) is 0 Å². The van der Waals surface area contributed by atoms with Gasteiger partial charge in [-0.25, -0.2) is 8.42 Å². The second-order valence-corrected chi connectivity index (χ2v) is 10.3. The molecule has 3 rings (SSSR count). The van der Waals surface area contributed by atoms with Crippen molar-refractivity contribution in [1.29, 1.82) is 0 Å². The van der Waals surface area contributed by atoms with Gasteiger partial charge in [-0.05, 0) is 77.3 Å². The first kappa shape index (κ1) is 25.6. The number of aryl methyl sites for hydroxylation is 1. The molecule has 3 aromatic rings. The number of hydrogen-bond acceptors (Lipinski definition) is 5. The van der Waals surface area contributed by atoms with Crippen LogP contribution in [0.15, 0.2) is 76.1 Å². The van der Waals surface area contributed by atoms with E-state index in [1.165, 1.54) is 19.2 Å². The quantitative estimate of drug-likeness (QED) is 0.409. The van der Waals surface area contributed by atoms with Crippen LogP contribution in [0.3, 0.4) is 0 Å². The van der Waals surface area contributed by atoms with E-state index in [1.54, 1.807) is 25.3 Å². The zero-order valence-corrected chi connectivity index (χ0v) is 21.6. The fourth-order valence-electron chi connectivity index (χ4n) is 3.29. The third-order valence-corrected chi connectivity index (χ3v) is 7.60. The van der Waals surface area contributed by atoms with Crippen LogP contribution in [-0.4, -0.2) is 41.6 Å². The molecule has 0 unspecified atom stereocenters. The molecular formula is C25H27BrN2O5S. The van der Waals surface area contributed by atoms with E-state index in [1.807, 2.05) is 43.3 Å². The Morgan fingerprint density at radius 2 is 1.65 bits per heavy atom. The molecule has 0 bridgehead atoms. The summed E-state index contributed by atoms with van der Waals surface area (Å²) in [5, 5.41) is 2.82. The lowest BCUT2D eigenvalue weighted by Crippen LogP contribution is -2.41. The van der Waals surface area contributed by atoms with E-state index in [-0.39, 0.29) is 11.4 Å². The predicted octanol–water partition coefficient (Wildman–Crippen LogP) is 4.33. The molecule has 0 saturated carbocycles. The number of carbonyl (C=O) groups excluding carboxylic acids is 1. The Balaban J connectivity index is 1.78. The SMILES string of the molecule is COc1ccc(CCNC(=O)CN(c2ccc(C)cc2)S(=O)(=O)c2ccc(OC)c(Br)c2)cc1. The number of amides is 1. The maximum atomic E-state index is 13.5. The molecule has 0 aromatic heterocycles. The number of rotatable bonds is 10. The molecule has 0 aliphatic rings. The number of halogens is 1. The molecule has 0 aliphatic heterocycles. The largest absolute Gasteiger partial charge is 0.497 e. The van der Waals surface area contributed by atoms with Crippen LogP contribution >= 0.6 is 15.9 Å². The summed E-state index contributed by atoms with van der Waals surface area (Å²) in [6.07, 6.45) is 0.610. The Hall–Kier alpha value is -3.04. The van der Waals surface area contributed by atoms with Gasteiger partial charge < -0.3 is 14.8 Å². The predicted molar refractivity (Wildman–Crippen MR) is 136 cm³/mol. The molecular weight excluding hydrogens is 520 g/mol. The first-order chi connectivity index (χ1) is 16.2. The van der Waals surface area contributed by atoms with Crippen LogP contribution in [0.25, 0.3) is 0 Å². The van der Waals surface area contributed by atoms with Gasteiger partial charge >= 0.3 is 0 Å². The minimum absolute atomic E-state index is 0.0479. The summed E-state index contributed by atoms with van der Waals surface area (Å²) >= 11 is 3.34. The third-order valence-electron chi connectivity index (χ3n) is 5.22. The lowest BCUT2D eigenvalue weighted by molar-refractivity contribution is -0.119. The molecule has 0 aliphatic carbocycles. The molecule has 0 fully saturated rings. The van der Waals surface area contributed by atoms with Crippen molar-refractivity contribution in [3.8, 4) is 11.5 Å². The number of nitrogens with one attached hydrogen (secondary N) is 1. The molecule has 0 radical (unpaired) electrons. The van der Waals surface area contributed by atoms with Gasteiger partial charge in [0, 0.05) is 6.54 Å². The van der Waals surface area contributed by atoms with Gasteiger partial charge in [-0.15, -0.1) is 0 Å². The van der Waals surface area contributed by atoms with Gasteiger partial charge in [0.15, 0.2) is 0 Å². The summed E-state index contributed by atoms with van der Waals surface area (Å²) in [5.74, 6) is 0.874. The van der Waals surface area contributed by atoms with E-state index in [0.717, 1.165) is 21.2 Å². The Bertz CT molecular complexity index is 1230. The topological polar surface area (TPSA) is 84.9 Å². The van der Waals surface area contributed by atoms with E-state index >= 15 is 0 Å². The average Bonchev–Trinajstić information content (AvgIpc) is 2.83. The number of benzene rings is 3. The van der Waals surface area contributed by atoms with Crippen LogP contribution in [0.5, 0.6) is 11.5 Å². The van der Waals surface area contributed by atoms with Crippen LogP contribution in [0.1, 0.15) is 11.1 Å². The van der Waals surface area contributed by atoms with Crippen molar-refractivity contribution in [3.05, 3.63) is 82.3 Å². The number of ether oxygens (including phenoxy) is 2. The maximum Gasteiger partial charge on any atom is 0.264 e. The summed E-state index contributed by atoms with van der Waals surface area (Å²) in [7, 11) is -0.913. The molecule has 0 saturated heterocycles. The highest BCUT2D eigenvalue weighted by molar-refractivity contribution is 9.10. The summed E-state index contributed by atoms with van der Waals surface area (Å²) in [6.45, 7) is 1.94. The fraction of sp³-hybridized carbons (Fsp3) is 0.240. The van der Waals surface area contributed by atoms with E-state index < -0.39 is 15.9 Å². The Morgan fingerprint density at radius 3 is 2.24 bits per heavy atom. The smallest absolute Gasteiger partial charge is 0.264 e. The van der Waals surface area contributed by atoms with Crippen LogP contribution in [0.4, 0.5) is 5.69 Å². The normalized spacial score (nSPS) is 11.1. The van der Waals surface area contributed by atoms with Crippen LogP contribution < -0.4 is 19.1 Å². The van der Waals surface area contributed by atoms with E-state index in [2.05, 4.69) is 21.2 Å². The molecule has 9 heteroatoms. The minimum Gasteiger partial charge on any atom is -0.497 e. The van der Waals surface area contributed by atoms with Crippen molar-refractivity contribution in [3.63, 3.8) is 0 Å². The molecule has 1 amide bonds. The van der Waals surface area contributed by atoms with Gasteiger partial charge in [0.05, 0.1) is 29.3 Å². The van der Waals surface area contributed by atoms with Gasteiger partial charge in [-0.3, -0.25) is 9.10 Å². The lowest BCUT2D eigenvalue weighted by Gasteiger charge is -2.24. The van der Waals surface area contributed by atoms with Gasteiger partial charge in [0.2, 0.25) is 5.91 Å². The van der Waals surface area contributed by atoms with Crippen molar-refractivity contribution >= 4 is 37.5 Å². The van der Waals surface area contributed by atoms with Crippen molar-refractivity contribution in [2.45, 2.75) is 18.2 Å². The summed E-state index contributed by atoms with van der Waals surface area (Å²) in [6, 6.07) is 19.1. The number of hydrogen-bond donors (Lipinski definition) is 1. The number of anilines is 1. The van der Waals surface area contributed by atoms with Crippen molar-refractivity contribution < 1.29 is 22.7 Å². The molecule has 0 spiro atoms. The molecule has 0 atom stereocenters. The van der Waals surface area contributed by atoms with Crippen molar-refractivity contribution in [2.24, 2.45) is 0 Å². The molecule has 1 N–H and O–H groups in total. The summed E-state index contributed by atoms with van der Waals surface area (Å²) < 4.78 is 39.0. The zero-order valence-electron chi connectivity index (χ0n) is 19.2. The molecule has 180 valence electrons. The first-order valence-corrected chi connectivity index (χ1v) is 12.8. The van der Waals surface area contributed by atoms with Crippen LogP contribution in [0, 0.1) is 6.92 Å². The number of sulfonamides is 1. The van der Waals surface area contributed by atoms with E-state index in [4.69, 9.17) is 9.47 Å². The van der Waals surface area contributed by atoms with Crippen LogP contribution in [-0.2, 0) is 21.2 Å². The lowest BCUT2D eigenvalue weighted by atomic mass is 10.1. The molecule has 34 heavy (non-hydrogen) atoms. The molecule has 7 nitrogen and oxygen atoms in total. The number of carbonyl (C=O) groups is 1. The number of methoxy groups -OCH3 is 2. The van der Waals surface area contributed by atoms with Gasteiger partial charge in [0.1, 0.15) is 18.0 Å². The second kappa shape index (κ2) is 11.4. The van der Waals surface area contributed by atoms with Crippen molar-refractivity contribution in [2.75, 3.05) is 31.6 Å². The highest BCUT2D eigenvalue weighted by atomic mass is 79.9. The highest BCUT2D eigenvalue weighted by Gasteiger charge is 2.28. The summed E-state index contributed by atoms with van der Waals surface area (Å²) in [5.41, 5.74) is 2.42. The second-order valence-electron chi connectivity index (χ2n) is 7.59. The Labute approximate surface area is 208 Å². The highest BCUT2D eigenvalue weighted by Crippen LogP contribution is 2.30. The van der Waals surface area contributed by atoms with Gasteiger partial charge in [-0.1, -0.05) is 29.8 Å². The minimum atomic E-state index is -4.02. The molecule has 3 aromatic carbocycles. The van der Waals surface area contributed by atoms with E-state index in [0.29, 0.717) is 28.9 Å². The monoisotopic (exact) mass is 546 g/mol. The Morgan fingerprint density at radius 1 is 0.971 bits per heavy atom. The third kappa shape index (κ3) is 6.30. The maximum absolute atomic E-state index is 13.5. The standard InChI is InChI=1S/C25H27BrN2O5S/c1-18-4-8-20(9-5-18)28(34(30,31)22-12-13-24(33-3)23(26)16-22)17-25(29)27-15-14-19-6-10-21(32-2)11-7-19/h4-13,16H,14-15,17H2,1-3H3,(H,27,29).